The van der Waals surface area contributed by atoms with Crippen LogP contribution in [0.1, 0.15) is 24.0 Å². The summed E-state index contributed by atoms with van der Waals surface area (Å²) in [4.78, 5) is 0. The first-order valence-electron chi connectivity index (χ1n) is 6.06. The Hall–Kier alpha value is -1.18. The molecule has 4 heteroatoms. The lowest BCUT2D eigenvalue weighted by Crippen LogP contribution is -2.25. The molecule has 1 aromatic carbocycles. The molecule has 1 aliphatic carbocycles. The van der Waals surface area contributed by atoms with Gasteiger partial charge in [-0.05, 0) is 36.8 Å². The number of nitriles is 1. The maximum atomic E-state index is 9.02. The second-order valence-corrected chi connectivity index (χ2v) is 5.91. The van der Waals surface area contributed by atoms with Crippen molar-refractivity contribution in [3.8, 4) is 11.8 Å². The molecule has 0 saturated heterocycles. The first-order chi connectivity index (χ1) is 8.73. The predicted molar refractivity (Wildman–Crippen MR) is 74.9 cm³/mol. The molecule has 0 atom stereocenters. The van der Waals surface area contributed by atoms with Crippen molar-refractivity contribution in [1.29, 1.82) is 5.26 Å². The van der Waals surface area contributed by atoms with Crippen LogP contribution < -0.4 is 10.1 Å². The van der Waals surface area contributed by atoms with Gasteiger partial charge in [0.1, 0.15) is 11.8 Å². The third-order valence-corrected chi connectivity index (χ3v) is 4.82. The highest BCUT2D eigenvalue weighted by molar-refractivity contribution is 8.00. The van der Waals surface area contributed by atoms with Crippen LogP contribution in [0.3, 0.4) is 0 Å². The fraction of sp³-hybridized carbons (Fsp3) is 0.500. The molecule has 1 saturated carbocycles. The monoisotopic (exact) mass is 262 g/mol. The van der Waals surface area contributed by atoms with Gasteiger partial charge in [-0.15, -0.1) is 0 Å². The van der Waals surface area contributed by atoms with Crippen molar-refractivity contribution in [2.75, 3.05) is 19.9 Å². The van der Waals surface area contributed by atoms with Crippen LogP contribution in [0.5, 0.6) is 5.75 Å². The second kappa shape index (κ2) is 5.64. The molecule has 1 N–H and O–H groups in total. The SMILES string of the molecule is COc1ccc(CNCC2(SC)CC2)cc1C#N. The van der Waals surface area contributed by atoms with Crippen molar-refractivity contribution >= 4 is 11.8 Å². The number of rotatable bonds is 6. The zero-order valence-electron chi connectivity index (χ0n) is 10.8. The van der Waals surface area contributed by atoms with Gasteiger partial charge < -0.3 is 10.1 Å². The smallest absolute Gasteiger partial charge is 0.136 e. The Kier molecular flexibility index (Phi) is 4.15. The van der Waals surface area contributed by atoms with Crippen LogP contribution in [-0.2, 0) is 6.54 Å². The van der Waals surface area contributed by atoms with Crippen LogP contribution in [0, 0.1) is 11.3 Å². The normalized spacial score (nSPS) is 16.1. The van der Waals surface area contributed by atoms with E-state index >= 15 is 0 Å². The van der Waals surface area contributed by atoms with Crippen molar-refractivity contribution in [2.45, 2.75) is 24.1 Å². The van der Waals surface area contributed by atoms with Gasteiger partial charge in [0.25, 0.3) is 0 Å². The summed E-state index contributed by atoms with van der Waals surface area (Å²) in [6, 6.07) is 7.92. The van der Waals surface area contributed by atoms with E-state index in [9.17, 15) is 0 Å². The van der Waals surface area contributed by atoms with Gasteiger partial charge in [-0.25, -0.2) is 0 Å². The van der Waals surface area contributed by atoms with Crippen molar-refractivity contribution in [2.24, 2.45) is 0 Å². The largest absolute Gasteiger partial charge is 0.495 e. The van der Waals surface area contributed by atoms with E-state index in [1.807, 2.05) is 30.0 Å². The molecule has 0 spiro atoms. The van der Waals surface area contributed by atoms with Crippen LogP contribution >= 0.6 is 11.8 Å². The summed E-state index contributed by atoms with van der Waals surface area (Å²) < 4.78 is 5.61. The highest BCUT2D eigenvalue weighted by Gasteiger charge is 2.41. The summed E-state index contributed by atoms with van der Waals surface area (Å²) >= 11 is 1.95. The lowest BCUT2D eigenvalue weighted by Gasteiger charge is -2.13. The number of methoxy groups -OCH3 is 1. The van der Waals surface area contributed by atoms with Gasteiger partial charge in [-0.3, -0.25) is 0 Å². The molecular weight excluding hydrogens is 244 g/mol. The molecule has 0 heterocycles. The van der Waals surface area contributed by atoms with Gasteiger partial charge in [0.05, 0.1) is 12.7 Å². The molecule has 0 radical (unpaired) electrons. The zero-order chi connectivity index (χ0) is 13.0. The summed E-state index contributed by atoms with van der Waals surface area (Å²) in [6.45, 7) is 1.85. The lowest BCUT2D eigenvalue weighted by atomic mass is 10.1. The average molecular weight is 262 g/mol. The summed E-state index contributed by atoms with van der Waals surface area (Å²) in [5, 5.41) is 12.5. The quantitative estimate of drug-likeness (QED) is 0.855. The number of nitrogens with one attached hydrogen (secondary N) is 1. The number of benzene rings is 1. The minimum atomic E-state index is 0.477. The summed E-state index contributed by atoms with van der Waals surface area (Å²) in [7, 11) is 1.59. The summed E-state index contributed by atoms with van der Waals surface area (Å²) in [5.41, 5.74) is 1.73. The molecule has 2 rings (SSSR count). The Morgan fingerprint density at radius 1 is 1.50 bits per heavy atom. The highest BCUT2D eigenvalue weighted by Crippen LogP contribution is 2.46. The molecule has 0 aliphatic heterocycles. The first kappa shape index (κ1) is 13.3. The fourth-order valence-corrected chi connectivity index (χ4v) is 2.74. The van der Waals surface area contributed by atoms with E-state index < -0.39 is 0 Å². The first-order valence-corrected chi connectivity index (χ1v) is 7.28. The van der Waals surface area contributed by atoms with E-state index in [4.69, 9.17) is 10.00 Å². The molecule has 0 unspecified atom stereocenters. The molecule has 0 bridgehead atoms. The standard InChI is InChI=1S/C14H18N2OS/c1-17-13-4-3-11(7-12(13)8-15)9-16-10-14(18-2)5-6-14/h3-4,7,16H,5-6,9-10H2,1-2H3. The Morgan fingerprint density at radius 2 is 2.28 bits per heavy atom. The molecule has 0 amide bonds. The Morgan fingerprint density at radius 3 is 2.83 bits per heavy atom. The maximum absolute atomic E-state index is 9.02. The van der Waals surface area contributed by atoms with Crippen molar-refractivity contribution in [3.05, 3.63) is 29.3 Å². The van der Waals surface area contributed by atoms with Gasteiger partial charge in [-0.1, -0.05) is 6.07 Å². The van der Waals surface area contributed by atoms with Gasteiger partial charge in [-0.2, -0.15) is 17.0 Å². The zero-order valence-corrected chi connectivity index (χ0v) is 11.6. The third kappa shape index (κ3) is 2.98. The van der Waals surface area contributed by atoms with Crippen molar-refractivity contribution in [1.82, 2.24) is 5.32 Å². The molecule has 1 aliphatic rings. The Labute approximate surface area is 113 Å². The lowest BCUT2D eigenvalue weighted by molar-refractivity contribution is 0.413. The van der Waals surface area contributed by atoms with E-state index in [1.165, 1.54) is 12.8 Å². The van der Waals surface area contributed by atoms with Gasteiger partial charge in [0, 0.05) is 17.8 Å². The van der Waals surface area contributed by atoms with Crippen LogP contribution in [0.15, 0.2) is 18.2 Å². The minimum absolute atomic E-state index is 0.477. The van der Waals surface area contributed by atoms with Crippen LogP contribution in [0.2, 0.25) is 0 Å². The van der Waals surface area contributed by atoms with Gasteiger partial charge in [0.15, 0.2) is 0 Å². The highest BCUT2D eigenvalue weighted by atomic mass is 32.2. The van der Waals surface area contributed by atoms with E-state index in [-0.39, 0.29) is 0 Å². The number of ether oxygens (including phenoxy) is 1. The number of hydrogen-bond donors (Lipinski definition) is 1. The van der Waals surface area contributed by atoms with Crippen LogP contribution in [0.25, 0.3) is 0 Å². The number of nitrogens with zero attached hydrogens (tertiary/aromatic N) is 1. The Balaban J connectivity index is 1.92. The summed E-state index contributed by atoms with van der Waals surface area (Å²) in [5.74, 6) is 0.643. The minimum Gasteiger partial charge on any atom is -0.495 e. The number of thioether (sulfide) groups is 1. The Bertz CT molecular complexity index is 463. The summed E-state index contributed by atoms with van der Waals surface area (Å²) in [6.07, 6.45) is 4.80. The molecule has 1 fully saturated rings. The fourth-order valence-electron chi connectivity index (χ4n) is 1.98. The molecule has 3 nitrogen and oxygen atoms in total. The van der Waals surface area contributed by atoms with E-state index in [1.54, 1.807) is 7.11 Å². The van der Waals surface area contributed by atoms with E-state index in [0.717, 1.165) is 18.7 Å². The second-order valence-electron chi connectivity index (χ2n) is 4.64. The van der Waals surface area contributed by atoms with Gasteiger partial charge in [0.2, 0.25) is 0 Å². The van der Waals surface area contributed by atoms with Crippen molar-refractivity contribution in [3.63, 3.8) is 0 Å². The van der Waals surface area contributed by atoms with Crippen LogP contribution in [0.4, 0.5) is 0 Å². The average Bonchev–Trinajstić information content (AvgIpc) is 3.19. The molecule has 0 aromatic heterocycles. The third-order valence-electron chi connectivity index (χ3n) is 3.40. The van der Waals surface area contributed by atoms with E-state index in [0.29, 0.717) is 16.1 Å². The molecular formula is C14H18N2OS. The maximum Gasteiger partial charge on any atom is 0.136 e. The molecule has 96 valence electrons. The number of hydrogen-bond acceptors (Lipinski definition) is 4. The topological polar surface area (TPSA) is 45.0 Å². The predicted octanol–water partition coefficient (Wildman–Crippen LogP) is 2.55. The molecule has 1 aromatic rings. The van der Waals surface area contributed by atoms with Crippen molar-refractivity contribution < 1.29 is 4.74 Å². The van der Waals surface area contributed by atoms with Crippen LogP contribution in [-0.4, -0.2) is 24.7 Å². The van der Waals surface area contributed by atoms with Gasteiger partial charge >= 0.3 is 0 Å². The molecule has 18 heavy (non-hydrogen) atoms. The van der Waals surface area contributed by atoms with E-state index in [2.05, 4.69) is 17.6 Å².